The van der Waals surface area contributed by atoms with Gasteiger partial charge in [-0.3, -0.25) is 33.6 Å². The van der Waals surface area contributed by atoms with Crippen molar-refractivity contribution in [1.29, 1.82) is 0 Å². The number of nitrogens with two attached hydrogens (primary N) is 1. The lowest BCUT2D eigenvalue weighted by Crippen LogP contribution is -2.47. The zero-order valence-corrected chi connectivity index (χ0v) is 34.7. The number of Topliss-reactive ketones (excluding diaryl/α,β-unsaturated/α-hetero) is 4. The van der Waals surface area contributed by atoms with Gasteiger partial charge in [-0.2, -0.15) is 0 Å². The van der Waals surface area contributed by atoms with Gasteiger partial charge < -0.3 is 25.8 Å². The van der Waals surface area contributed by atoms with Crippen LogP contribution in [0.2, 0.25) is 0 Å². The zero-order valence-electron chi connectivity index (χ0n) is 34.7. The Morgan fingerprint density at radius 1 is 0.869 bits per heavy atom. The van der Waals surface area contributed by atoms with Gasteiger partial charge in [0.25, 0.3) is 0 Å². The van der Waals surface area contributed by atoms with Gasteiger partial charge in [-0.1, -0.05) is 62.9 Å². The Bertz CT molecular complexity index is 2020. The Balaban J connectivity index is 1.58. The van der Waals surface area contributed by atoms with Crippen molar-refractivity contribution in [3.05, 3.63) is 70.3 Å². The van der Waals surface area contributed by atoms with Crippen molar-refractivity contribution in [2.75, 3.05) is 6.54 Å². The Morgan fingerprint density at radius 2 is 1.48 bits per heavy atom. The molecule has 1 unspecified atom stereocenters. The van der Waals surface area contributed by atoms with Crippen LogP contribution in [0.25, 0.3) is 0 Å². The van der Waals surface area contributed by atoms with E-state index >= 15 is 4.39 Å². The van der Waals surface area contributed by atoms with Gasteiger partial charge in [0.05, 0.1) is 23.3 Å². The van der Waals surface area contributed by atoms with Gasteiger partial charge in [-0.15, -0.1) is 0 Å². The molecule has 4 N–H and O–H groups in total. The summed E-state index contributed by atoms with van der Waals surface area (Å²) in [4.78, 5) is 107. The molecular formula is C44H53F4N3O10. The number of aromatic carboxylic acids is 1. The molecule has 0 radical (unpaired) electrons. The predicted molar refractivity (Wildman–Crippen MR) is 211 cm³/mol. The van der Waals surface area contributed by atoms with E-state index in [1.807, 2.05) is 0 Å². The number of nitrogens with one attached hydrogen (secondary N) is 1. The summed E-state index contributed by atoms with van der Waals surface area (Å²) >= 11 is 0. The molecule has 0 bridgehead atoms. The van der Waals surface area contributed by atoms with Crippen LogP contribution in [0.15, 0.2) is 30.3 Å². The molecule has 0 aromatic heterocycles. The molecule has 2 aromatic carbocycles. The number of primary amides is 1. The fraction of sp³-hybridized carbons (Fsp3) is 0.545. The summed E-state index contributed by atoms with van der Waals surface area (Å²) < 4.78 is 64.5. The Hall–Kier alpha value is -5.32. The van der Waals surface area contributed by atoms with Crippen LogP contribution < -0.4 is 11.1 Å². The number of nitrogens with zero attached hydrogens (tertiary/aromatic N) is 1. The highest BCUT2D eigenvalue weighted by atomic mass is 19.2. The molecule has 3 amide bonds. The maximum atomic E-state index is 15.1. The zero-order chi connectivity index (χ0) is 45.3. The number of benzene rings is 2. The number of carboxylic acids is 1. The van der Waals surface area contributed by atoms with Gasteiger partial charge in [0.1, 0.15) is 11.6 Å². The first-order valence-electron chi connectivity index (χ1n) is 20.5. The van der Waals surface area contributed by atoms with E-state index < -0.39 is 148 Å². The van der Waals surface area contributed by atoms with Gasteiger partial charge in [0.2, 0.25) is 23.5 Å². The molecule has 332 valence electrons. The smallest absolute Gasteiger partial charge is 0.339 e. The van der Waals surface area contributed by atoms with E-state index in [1.54, 1.807) is 58.0 Å². The van der Waals surface area contributed by atoms with E-state index in [0.29, 0.717) is 37.7 Å². The molecule has 0 spiro atoms. The van der Waals surface area contributed by atoms with Crippen molar-refractivity contribution in [2.45, 2.75) is 129 Å². The number of carbonyl (C=O) groups excluding carboxylic acids is 7. The molecule has 1 saturated carbocycles. The van der Waals surface area contributed by atoms with E-state index in [4.69, 9.17) is 10.5 Å². The van der Waals surface area contributed by atoms with Crippen LogP contribution in [0, 0.1) is 41.0 Å². The second-order valence-corrected chi connectivity index (χ2v) is 16.8. The first-order valence-corrected chi connectivity index (χ1v) is 20.5. The average molecular weight is 860 g/mol. The van der Waals surface area contributed by atoms with Crippen LogP contribution in [-0.2, 0) is 33.5 Å². The quantitative estimate of drug-likeness (QED) is 0.0456. The lowest BCUT2D eigenvalue weighted by Gasteiger charge is -2.34. The minimum Gasteiger partial charge on any atom is -0.478 e. The van der Waals surface area contributed by atoms with E-state index in [2.05, 4.69) is 5.32 Å². The van der Waals surface area contributed by atoms with Crippen LogP contribution in [0.1, 0.15) is 137 Å². The van der Waals surface area contributed by atoms with Crippen LogP contribution in [0.4, 0.5) is 17.6 Å². The second-order valence-electron chi connectivity index (χ2n) is 16.8. The van der Waals surface area contributed by atoms with Gasteiger partial charge in [0, 0.05) is 50.5 Å². The Labute approximate surface area is 351 Å². The number of carboxylic acid groups (broad SMARTS) is 1. The second kappa shape index (κ2) is 21.0. The van der Waals surface area contributed by atoms with Crippen molar-refractivity contribution in [2.24, 2.45) is 23.5 Å². The Morgan fingerprint density at radius 3 is 2.03 bits per heavy atom. The van der Waals surface area contributed by atoms with Gasteiger partial charge in [-0.05, 0) is 51.5 Å². The topological polar surface area (TPSA) is 207 Å². The Kier molecular flexibility index (Phi) is 16.6. The van der Waals surface area contributed by atoms with E-state index in [9.17, 15) is 56.6 Å². The minimum atomic E-state index is -2.42. The molecule has 1 heterocycles. The summed E-state index contributed by atoms with van der Waals surface area (Å²) in [6.07, 6.45) is 0.192. The summed E-state index contributed by atoms with van der Waals surface area (Å²) in [5.74, 6) is -20.8. The summed E-state index contributed by atoms with van der Waals surface area (Å²) in [6.45, 7) is 6.84. The summed E-state index contributed by atoms with van der Waals surface area (Å²) in [7, 11) is 0. The van der Waals surface area contributed by atoms with Crippen molar-refractivity contribution in [3.8, 4) is 0 Å². The number of likely N-dealkylation sites (tertiary alicyclic amines) is 1. The fourth-order valence-corrected chi connectivity index (χ4v) is 8.36. The van der Waals surface area contributed by atoms with Crippen LogP contribution >= 0.6 is 0 Å². The van der Waals surface area contributed by atoms with E-state index in [-0.39, 0.29) is 19.4 Å². The third-order valence-corrected chi connectivity index (χ3v) is 11.2. The standard InChI is InChI=1S/C44H53F4N3O10/c1-5-12-25(40(56)29(52)17-18-32(55)50-39(41(49)57)24-15-10-7-11-16-24)19-30(53)28-20-26(61-44(2,3)4)22-51(28)42(58)27(23-13-8-6-9-14-23)21-31(54)33-34(43(59)60)36(46)38(48)37(47)35(33)45/h7,10-11,15-16,23,25-28,39H,5-6,8-9,12-14,17-22H2,1-4H3,(H2,49,57)(H,50,55)(H,59,60)/t25?,26-,27+,28+,39+/m1/s1. The number of rotatable bonds is 20. The molecule has 13 nitrogen and oxygen atoms in total. The van der Waals surface area contributed by atoms with Gasteiger partial charge in [0.15, 0.2) is 40.6 Å². The summed E-state index contributed by atoms with van der Waals surface area (Å²) in [6, 6.07) is 5.75. The number of carbonyl (C=O) groups is 8. The van der Waals surface area contributed by atoms with Crippen LogP contribution in [0.5, 0.6) is 0 Å². The highest BCUT2D eigenvalue weighted by Gasteiger charge is 2.46. The largest absolute Gasteiger partial charge is 0.478 e. The normalized spacial score (nSPS) is 18.5. The summed E-state index contributed by atoms with van der Waals surface area (Å²) in [5.41, 5.74) is 1.87. The van der Waals surface area contributed by atoms with E-state index in [1.165, 1.54) is 4.90 Å². The molecule has 1 aliphatic heterocycles. The SMILES string of the molecule is CCCC(CC(=O)[C@@H]1C[C@@H](OC(C)(C)C)CN1C(=O)[C@@H](CC(=O)c1c(F)c(F)c(F)c(F)c1C(=O)O)C1CCCCC1)C(=O)C(=O)CCC(=O)N[C@H](C(N)=O)c1ccccc1. The first-order chi connectivity index (χ1) is 28.7. The molecule has 1 aliphatic carbocycles. The van der Waals surface area contributed by atoms with E-state index in [0.717, 1.165) is 6.42 Å². The minimum absolute atomic E-state index is 0.0387. The monoisotopic (exact) mass is 859 g/mol. The third kappa shape index (κ3) is 12.2. The average Bonchev–Trinajstić information content (AvgIpc) is 3.63. The molecule has 4 rings (SSSR count). The van der Waals surface area contributed by atoms with Crippen molar-refractivity contribution in [3.63, 3.8) is 0 Å². The molecule has 1 saturated heterocycles. The number of ketones is 4. The lowest BCUT2D eigenvalue weighted by molar-refractivity contribution is -0.144. The highest BCUT2D eigenvalue weighted by molar-refractivity contribution is 6.38. The third-order valence-electron chi connectivity index (χ3n) is 11.2. The fourth-order valence-electron chi connectivity index (χ4n) is 8.36. The van der Waals surface area contributed by atoms with Gasteiger partial charge in [-0.25, -0.2) is 22.4 Å². The number of hydrogen-bond acceptors (Lipinski definition) is 9. The lowest BCUT2D eigenvalue weighted by atomic mass is 9.76. The number of halogens is 4. The number of hydrogen-bond donors (Lipinski definition) is 3. The predicted octanol–water partition coefficient (Wildman–Crippen LogP) is 6.13. The molecule has 5 atom stereocenters. The maximum Gasteiger partial charge on any atom is 0.339 e. The molecule has 61 heavy (non-hydrogen) atoms. The summed E-state index contributed by atoms with van der Waals surface area (Å²) in [5, 5.41) is 12.1. The van der Waals surface area contributed by atoms with Crippen molar-refractivity contribution < 1.29 is 65.8 Å². The molecule has 2 aromatic rings. The highest BCUT2D eigenvalue weighted by Crippen LogP contribution is 2.38. The molecular weight excluding hydrogens is 806 g/mol. The van der Waals surface area contributed by atoms with Crippen LogP contribution in [-0.4, -0.2) is 81.1 Å². The molecule has 17 heteroatoms. The van der Waals surface area contributed by atoms with Gasteiger partial charge >= 0.3 is 5.97 Å². The molecule has 2 aliphatic rings. The number of ether oxygens (including phenoxy) is 1. The van der Waals surface area contributed by atoms with Crippen LogP contribution in [0.3, 0.4) is 0 Å². The van der Waals surface area contributed by atoms with Crippen molar-refractivity contribution >= 4 is 46.8 Å². The molecule has 2 fully saturated rings. The number of amides is 3. The maximum absolute atomic E-state index is 15.1. The van der Waals surface area contributed by atoms with Crippen molar-refractivity contribution in [1.82, 2.24) is 10.2 Å². The first kappa shape index (κ1) is 48.3.